The second-order valence-corrected chi connectivity index (χ2v) is 10.9. The van der Waals surface area contributed by atoms with E-state index in [1.54, 1.807) is 17.0 Å². The lowest BCUT2D eigenvalue weighted by atomic mass is 9.73. The normalized spacial score (nSPS) is 23.9. The van der Waals surface area contributed by atoms with Gasteiger partial charge in [-0.1, -0.05) is 19.9 Å². The van der Waals surface area contributed by atoms with Crippen LogP contribution in [0.1, 0.15) is 67.1 Å². The van der Waals surface area contributed by atoms with Gasteiger partial charge in [0.15, 0.2) is 5.78 Å². The molecule has 1 amide bonds. The Morgan fingerprint density at radius 2 is 1.92 bits per heavy atom. The number of rotatable bonds is 6. The van der Waals surface area contributed by atoms with E-state index < -0.39 is 23.8 Å². The van der Waals surface area contributed by atoms with Crippen LogP contribution in [0.2, 0.25) is 0 Å². The number of hydrogen-bond acceptors (Lipinski definition) is 5. The van der Waals surface area contributed by atoms with Crippen LogP contribution in [0.3, 0.4) is 0 Å². The van der Waals surface area contributed by atoms with Crippen molar-refractivity contribution in [2.75, 3.05) is 13.7 Å². The molecule has 5 rings (SSSR count). The van der Waals surface area contributed by atoms with Gasteiger partial charge in [0.25, 0.3) is 0 Å². The summed E-state index contributed by atoms with van der Waals surface area (Å²) in [5.74, 6) is -2.07. The van der Waals surface area contributed by atoms with E-state index >= 15 is 4.39 Å². The minimum absolute atomic E-state index is 0.00698. The van der Waals surface area contributed by atoms with E-state index in [2.05, 4.69) is 4.98 Å². The van der Waals surface area contributed by atoms with Crippen LogP contribution >= 0.6 is 0 Å². The number of carbonyl (C=O) groups is 3. The standard InChI is InChI=1S/C28H31FN2O5/c1-28(2)8-6-16-10-15(11-20(29)24(16)28)12-22(32)25-19-4-5-23(36-3)30-21(19)7-9-31(25)26(33)17-13-18(14-17)27(34)35/h4-5,10-11,17-18,25H,6-9,12-14H2,1-3H3,(H,34,35). The summed E-state index contributed by atoms with van der Waals surface area (Å²) in [6, 6.07) is 5.98. The Morgan fingerprint density at radius 1 is 1.17 bits per heavy atom. The number of halogens is 1. The molecule has 1 aromatic heterocycles. The number of nitrogens with zero attached hydrogens (tertiary/aromatic N) is 2. The van der Waals surface area contributed by atoms with E-state index in [-0.39, 0.29) is 42.2 Å². The number of benzene rings is 1. The van der Waals surface area contributed by atoms with E-state index in [9.17, 15) is 19.5 Å². The zero-order valence-corrected chi connectivity index (χ0v) is 20.8. The molecule has 0 radical (unpaired) electrons. The fraction of sp³-hybridized carbons (Fsp3) is 0.500. The van der Waals surface area contributed by atoms with E-state index in [1.807, 2.05) is 19.9 Å². The fourth-order valence-electron chi connectivity index (χ4n) is 6.07. The van der Waals surface area contributed by atoms with Crippen molar-refractivity contribution in [2.24, 2.45) is 11.8 Å². The zero-order valence-electron chi connectivity index (χ0n) is 20.8. The number of amides is 1. The summed E-state index contributed by atoms with van der Waals surface area (Å²) >= 11 is 0. The van der Waals surface area contributed by atoms with Crippen molar-refractivity contribution < 1.29 is 28.6 Å². The van der Waals surface area contributed by atoms with Crippen molar-refractivity contribution in [3.8, 4) is 5.88 Å². The second-order valence-electron chi connectivity index (χ2n) is 10.9. The molecule has 1 aromatic carbocycles. The third kappa shape index (κ3) is 4.16. The minimum Gasteiger partial charge on any atom is -0.481 e. The molecule has 1 saturated carbocycles. The van der Waals surface area contributed by atoms with Gasteiger partial charge in [-0.05, 0) is 59.9 Å². The van der Waals surface area contributed by atoms with Gasteiger partial charge < -0.3 is 14.7 Å². The first-order valence-electron chi connectivity index (χ1n) is 12.5. The molecule has 1 fully saturated rings. The van der Waals surface area contributed by atoms with Gasteiger partial charge in [0.2, 0.25) is 11.8 Å². The largest absolute Gasteiger partial charge is 0.481 e. The molecule has 2 heterocycles. The van der Waals surface area contributed by atoms with Crippen molar-refractivity contribution in [2.45, 2.75) is 63.8 Å². The van der Waals surface area contributed by atoms with Crippen LogP contribution in [0.4, 0.5) is 4.39 Å². The number of carboxylic acid groups (broad SMARTS) is 1. The SMILES string of the molecule is COc1ccc2c(n1)CCN(C(=O)C1CC(C(=O)O)C1)C2C(=O)Cc1cc(F)c2c(c1)CCC2(C)C. The Kier molecular flexibility index (Phi) is 6.09. The number of Topliss-reactive ketones (excluding diaryl/α,β-unsaturated/α-hetero) is 1. The molecule has 0 bridgehead atoms. The van der Waals surface area contributed by atoms with Gasteiger partial charge >= 0.3 is 5.97 Å². The number of hydrogen-bond donors (Lipinski definition) is 1. The minimum atomic E-state index is -0.895. The lowest BCUT2D eigenvalue weighted by Gasteiger charge is -2.41. The number of aryl methyl sites for hydroxylation is 1. The van der Waals surface area contributed by atoms with Crippen LogP contribution in [0, 0.1) is 17.7 Å². The number of ether oxygens (including phenoxy) is 1. The molecule has 1 atom stereocenters. The molecule has 0 spiro atoms. The maximum absolute atomic E-state index is 15.1. The molecule has 2 aromatic rings. The van der Waals surface area contributed by atoms with Crippen molar-refractivity contribution in [1.82, 2.24) is 9.88 Å². The summed E-state index contributed by atoms with van der Waals surface area (Å²) in [5, 5.41) is 9.22. The average Bonchev–Trinajstić information content (AvgIpc) is 3.11. The molecule has 2 aliphatic carbocycles. The van der Waals surface area contributed by atoms with Gasteiger partial charge in [-0.3, -0.25) is 14.4 Å². The number of methoxy groups -OCH3 is 1. The monoisotopic (exact) mass is 494 g/mol. The van der Waals surface area contributed by atoms with Crippen LogP contribution in [0.15, 0.2) is 24.3 Å². The fourth-order valence-corrected chi connectivity index (χ4v) is 6.07. The van der Waals surface area contributed by atoms with Crippen LogP contribution in [0.25, 0.3) is 0 Å². The number of carboxylic acids is 1. The van der Waals surface area contributed by atoms with Crippen LogP contribution < -0.4 is 4.74 Å². The topological polar surface area (TPSA) is 96.8 Å². The van der Waals surface area contributed by atoms with Crippen LogP contribution in [0.5, 0.6) is 5.88 Å². The number of pyridine rings is 1. The highest BCUT2D eigenvalue weighted by Gasteiger charge is 2.45. The molecule has 36 heavy (non-hydrogen) atoms. The van der Waals surface area contributed by atoms with Gasteiger partial charge in [-0.25, -0.2) is 9.37 Å². The summed E-state index contributed by atoms with van der Waals surface area (Å²) in [5.41, 5.74) is 3.40. The Balaban J connectivity index is 1.45. The third-order valence-corrected chi connectivity index (χ3v) is 8.12. The number of fused-ring (bicyclic) bond motifs is 2. The molecule has 0 saturated heterocycles. The number of aromatic nitrogens is 1. The third-order valence-electron chi connectivity index (χ3n) is 8.12. The lowest BCUT2D eigenvalue weighted by Crippen LogP contribution is -2.50. The van der Waals surface area contributed by atoms with Crippen molar-refractivity contribution in [3.63, 3.8) is 0 Å². The maximum atomic E-state index is 15.1. The van der Waals surface area contributed by atoms with E-state index in [4.69, 9.17) is 4.74 Å². The van der Waals surface area contributed by atoms with E-state index in [0.717, 1.165) is 24.0 Å². The van der Waals surface area contributed by atoms with Crippen LogP contribution in [-0.2, 0) is 39.1 Å². The molecule has 8 heteroatoms. The maximum Gasteiger partial charge on any atom is 0.306 e. The Labute approximate surface area is 209 Å². The zero-order chi connectivity index (χ0) is 25.8. The highest BCUT2D eigenvalue weighted by molar-refractivity contribution is 5.93. The number of aliphatic carboxylic acids is 1. The summed E-state index contributed by atoms with van der Waals surface area (Å²) in [7, 11) is 1.52. The summed E-state index contributed by atoms with van der Waals surface area (Å²) in [6.45, 7) is 4.38. The van der Waals surface area contributed by atoms with Gasteiger partial charge in [0.1, 0.15) is 11.9 Å². The quantitative estimate of drug-likeness (QED) is 0.656. The predicted molar refractivity (Wildman–Crippen MR) is 129 cm³/mol. The van der Waals surface area contributed by atoms with Gasteiger partial charge in [-0.2, -0.15) is 0 Å². The first-order chi connectivity index (χ1) is 17.1. The smallest absolute Gasteiger partial charge is 0.306 e. The van der Waals surface area contributed by atoms with Crippen molar-refractivity contribution in [1.29, 1.82) is 0 Å². The van der Waals surface area contributed by atoms with E-state index in [1.165, 1.54) is 13.2 Å². The van der Waals surface area contributed by atoms with Gasteiger partial charge in [0.05, 0.1) is 18.7 Å². The van der Waals surface area contributed by atoms with E-state index in [0.29, 0.717) is 35.7 Å². The molecular formula is C28H31FN2O5. The van der Waals surface area contributed by atoms with Crippen molar-refractivity contribution >= 4 is 17.7 Å². The Morgan fingerprint density at radius 3 is 2.61 bits per heavy atom. The Hall–Kier alpha value is -3.29. The second kappa shape index (κ2) is 8.98. The highest BCUT2D eigenvalue weighted by Crippen LogP contribution is 2.42. The number of ketones is 1. The highest BCUT2D eigenvalue weighted by atomic mass is 19.1. The van der Waals surface area contributed by atoms with Crippen molar-refractivity contribution in [3.05, 3.63) is 58.0 Å². The first-order valence-corrected chi connectivity index (χ1v) is 12.5. The first kappa shape index (κ1) is 24.4. The summed E-state index contributed by atoms with van der Waals surface area (Å²) in [6.07, 6.45) is 2.67. The Bertz CT molecular complexity index is 1250. The summed E-state index contributed by atoms with van der Waals surface area (Å²) in [4.78, 5) is 44.5. The van der Waals surface area contributed by atoms with Gasteiger partial charge in [-0.15, -0.1) is 0 Å². The molecular weight excluding hydrogens is 463 g/mol. The molecule has 3 aliphatic rings. The molecule has 1 aliphatic heterocycles. The molecule has 1 unspecified atom stereocenters. The average molecular weight is 495 g/mol. The number of carbonyl (C=O) groups excluding carboxylic acids is 2. The van der Waals surface area contributed by atoms with Crippen LogP contribution in [-0.4, -0.2) is 46.3 Å². The molecule has 1 N–H and O–H groups in total. The lowest BCUT2D eigenvalue weighted by molar-refractivity contribution is -0.154. The van der Waals surface area contributed by atoms with Gasteiger partial charge in [0, 0.05) is 36.9 Å². The predicted octanol–water partition coefficient (Wildman–Crippen LogP) is 3.80. The summed E-state index contributed by atoms with van der Waals surface area (Å²) < 4.78 is 20.3. The molecule has 190 valence electrons. The molecule has 7 nitrogen and oxygen atoms in total.